The minimum Gasteiger partial charge on any atom is -0.307 e. The maximum atomic E-state index is 12.8. The second-order valence-electron chi connectivity index (χ2n) is 4.67. The molecule has 0 bridgehead atoms. The van der Waals surface area contributed by atoms with Crippen LogP contribution < -0.4 is 10.6 Å². The summed E-state index contributed by atoms with van der Waals surface area (Å²) in [7, 11) is 0. The second-order valence-corrected chi connectivity index (χ2v) is 5.45. The van der Waals surface area contributed by atoms with E-state index in [0.717, 1.165) is 18.2 Å². The molecule has 25 heavy (non-hydrogen) atoms. The first-order valence-electron chi connectivity index (χ1n) is 6.47. The first kappa shape index (κ1) is 18.8. The van der Waals surface area contributed by atoms with Crippen LogP contribution in [0.5, 0.6) is 0 Å². The smallest absolute Gasteiger partial charge is 0.307 e. The van der Waals surface area contributed by atoms with Crippen molar-refractivity contribution in [3.05, 3.63) is 62.1 Å². The van der Waals surface area contributed by atoms with E-state index >= 15 is 0 Å². The maximum absolute atomic E-state index is 12.8. The third-order valence-electron chi connectivity index (χ3n) is 2.95. The molecule has 0 heterocycles. The van der Waals surface area contributed by atoms with E-state index in [0.29, 0.717) is 0 Å². The van der Waals surface area contributed by atoms with Gasteiger partial charge in [-0.3, -0.25) is 10.1 Å². The van der Waals surface area contributed by atoms with E-state index in [9.17, 15) is 28.1 Å². The molecule has 0 aliphatic carbocycles. The van der Waals surface area contributed by atoms with E-state index in [1.165, 1.54) is 18.2 Å². The fourth-order valence-corrected chi connectivity index (χ4v) is 2.33. The van der Waals surface area contributed by atoms with Crippen molar-refractivity contribution < 1.29 is 22.9 Å². The van der Waals surface area contributed by atoms with Crippen LogP contribution >= 0.6 is 23.2 Å². The molecule has 0 unspecified atom stereocenters. The summed E-state index contributed by atoms with van der Waals surface area (Å²) in [6.45, 7) is 0. The second kappa shape index (κ2) is 7.16. The Morgan fingerprint density at radius 2 is 1.80 bits per heavy atom. The summed E-state index contributed by atoms with van der Waals surface area (Å²) >= 11 is 11.3. The highest BCUT2D eigenvalue weighted by atomic mass is 35.5. The van der Waals surface area contributed by atoms with Crippen LogP contribution in [0.15, 0.2) is 36.4 Å². The van der Waals surface area contributed by atoms with Crippen LogP contribution in [0, 0.1) is 10.1 Å². The van der Waals surface area contributed by atoms with Crippen molar-refractivity contribution in [1.82, 2.24) is 0 Å². The van der Waals surface area contributed by atoms with Crippen LogP contribution in [0.4, 0.5) is 35.0 Å². The molecule has 0 aliphatic rings. The Bertz CT molecular complexity index is 844. The van der Waals surface area contributed by atoms with Gasteiger partial charge >= 0.3 is 12.2 Å². The van der Waals surface area contributed by atoms with Crippen LogP contribution in [-0.2, 0) is 6.18 Å². The molecule has 2 aromatic carbocycles. The summed E-state index contributed by atoms with van der Waals surface area (Å²) in [6, 6.07) is 5.61. The predicted octanol–water partition coefficient (Wildman–Crippen LogP) is 5.56. The van der Waals surface area contributed by atoms with Gasteiger partial charge in [0.25, 0.3) is 5.69 Å². The van der Waals surface area contributed by atoms with Gasteiger partial charge in [-0.05, 0) is 24.3 Å². The summed E-state index contributed by atoms with van der Waals surface area (Å²) in [4.78, 5) is 22.0. The Balaban J connectivity index is 2.19. The highest BCUT2D eigenvalue weighted by molar-refractivity contribution is 6.34. The van der Waals surface area contributed by atoms with Crippen LogP contribution in [-0.4, -0.2) is 11.0 Å². The van der Waals surface area contributed by atoms with Crippen LogP contribution in [0.3, 0.4) is 0 Å². The Hall–Kier alpha value is -2.52. The van der Waals surface area contributed by atoms with Crippen molar-refractivity contribution in [2.45, 2.75) is 6.18 Å². The number of hydrogen-bond acceptors (Lipinski definition) is 3. The van der Waals surface area contributed by atoms with Crippen molar-refractivity contribution in [3.8, 4) is 0 Å². The lowest BCUT2D eigenvalue weighted by Crippen LogP contribution is -2.20. The Morgan fingerprint density at radius 1 is 1.12 bits per heavy atom. The average Bonchev–Trinajstić information content (AvgIpc) is 2.49. The molecule has 0 fully saturated rings. The zero-order chi connectivity index (χ0) is 18.8. The molecule has 0 saturated heterocycles. The van der Waals surface area contributed by atoms with Crippen molar-refractivity contribution >= 4 is 46.3 Å². The zero-order valence-electron chi connectivity index (χ0n) is 12.0. The first-order chi connectivity index (χ1) is 11.6. The molecular formula is C14H8Cl2F3N3O3. The van der Waals surface area contributed by atoms with E-state index in [1.807, 2.05) is 0 Å². The lowest BCUT2D eigenvalue weighted by atomic mass is 10.2. The number of anilines is 2. The van der Waals surface area contributed by atoms with Gasteiger partial charge in [0, 0.05) is 11.8 Å². The summed E-state index contributed by atoms with van der Waals surface area (Å²) in [5, 5.41) is 14.4. The number of carbonyl (C=O) groups is 1. The normalized spacial score (nSPS) is 11.1. The zero-order valence-corrected chi connectivity index (χ0v) is 13.5. The Morgan fingerprint density at radius 3 is 2.40 bits per heavy atom. The van der Waals surface area contributed by atoms with Gasteiger partial charge < -0.3 is 10.6 Å². The fourth-order valence-electron chi connectivity index (χ4n) is 1.86. The summed E-state index contributed by atoms with van der Waals surface area (Å²) < 4.78 is 38.3. The minimum atomic E-state index is -4.68. The molecule has 132 valence electrons. The number of halogens is 5. The van der Waals surface area contributed by atoms with Gasteiger partial charge in [0.05, 0.1) is 21.2 Å². The molecule has 2 aromatic rings. The monoisotopic (exact) mass is 393 g/mol. The standard InChI is InChI=1S/C14H8Cl2F3N3O3/c15-9-5-4-7(6-11(9)22(24)25)20-13(23)21-10-3-1-2-8(12(10)16)14(17,18)19/h1-6H,(H2,20,21,23). The van der Waals surface area contributed by atoms with Gasteiger partial charge in [-0.25, -0.2) is 4.79 Å². The lowest BCUT2D eigenvalue weighted by molar-refractivity contribution is -0.384. The van der Waals surface area contributed by atoms with Crippen LogP contribution in [0.25, 0.3) is 0 Å². The number of nitro benzene ring substituents is 1. The molecule has 2 N–H and O–H groups in total. The molecule has 0 saturated carbocycles. The number of alkyl halides is 3. The van der Waals surface area contributed by atoms with E-state index in [-0.39, 0.29) is 16.4 Å². The quantitative estimate of drug-likeness (QED) is 0.528. The van der Waals surface area contributed by atoms with E-state index < -0.39 is 33.4 Å². The first-order valence-corrected chi connectivity index (χ1v) is 7.23. The highest BCUT2D eigenvalue weighted by Gasteiger charge is 2.34. The number of nitrogens with zero attached hydrogens (tertiary/aromatic N) is 1. The topological polar surface area (TPSA) is 84.3 Å². The summed E-state index contributed by atoms with van der Waals surface area (Å²) in [5.74, 6) is 0. The number of nitrogens with one attached hydrogen (secondary N) is 2. The number of amides is 2. The Labute approximate surface area is 148 Å². The third-order valence-corrected chi connectivity index (χ3v) is 3.68. The van der Waals surface area contributed by atoms with Gasteiger partial charge in [-0.15, -0.1) is 0 Å². The molecule has 11 heteroatoms. The van der Waals surface area contributed by atoms with E-state index in [2.05, 4.69) is 10.6 Å². The molecular weight excluding hydrogens is 386 g/mol. The molecule has 2 rings (SSSR count). The molecule has 0 radical (unpaired) electrons. The van der Waals surface area contributed by atoms with Crippen molar-refractivity contribution in [2.24, 2.45) is 0 Å². The summed E-state index contributed by atoms with van der Waals surface area (Å²) in [5.41, 5.74) is -1.78. The molecule has 2 amide bonds. The third kappa shape index (κ3) is 4.52. The number of carbonyl (C=O) groups excluding carboxylic acids is 1. The molecule has 0 aliphatic heterocycles. The number of rotatable bonds is 3. The van der Waals surface area contributed by atoms with Crippen molar-refractivity contribution in [3.63, 3.8) is 0 Å². The highest BCUT2D eigenvalue weighted by Crippen LogP contribution is 2.38. The van der Waals surface area contributed by atoms with E-state index in [4.69, 9.17) is 23.2 Å². The Kier molecular flexibility index (Phi) is 5.39. The number of urea groups is 1. The lowest BCUT2D eigenvalue weighted by Gasteiger charge is -2.13. The maximum Gasteiger partial charge on any atom is 0.417 e. The largest absolute Gasteiger partial charge is 0.417 e. The van der Waals surface area contributed by atoms with Gasteiger partial charge in [-0.1, -0.05) is 29.3 Å². The van der Waals surface area contributed by atoms with Crippen LogP contribution in [0.1, 0.15) is 5.56 Å². The molecule has 0 spiro atoms. The number of hydrogen-bond donors (Lipinski definition) is 2. The number of benzene rings is 2. The van der Waals surface area contributed by atoms with Gasteiger partial charge in [-0.2, -0.15) is 13.2 Å². The van der Waals surface area contributed by atoms with E-state index in [1.54, 1.807) is 0 Å². The molecule has 0 atom stereocenters. The summed E-state index contributed by atoms with van der Waals surface area (Å²) in [6.07, 6.45) is -4.68. The molecule has 0 aromatic heterocycles. The SMILES string of the molecule is O=C(Nc1ccc(Cl)c([N+](=O)[O-])c1)Nc1cccc(C(F)(F)F)c1Cl. The van der Waals surface area contributed by atoms with Gasteiger partial charge in [0.1, 0.15) is 5.02 Å². The van der Waals surface area contributed by atoms with Crippen molar-refractivity contribution in [2.75, 3.05) is 10.6 Å². The molecule has 6 nitrogen and oxygen atoms in total. The van der Waals surface area contributed by atoms with Crippen LogP contribution in [0.2, 0.25) is 10.0 Å². The van der Waals surface area contributed by atoms with Crippen molar-refractivity contribution in [1.29, 1.82) is 0 Å². The number of nitro groups is 1. The van der Waals surface area contributed by atoms with Gasteiger partial charge in [0.15, 0.2) is 0 Å². The average molecular weight is 394 g/mol. The fraction of sp³-hybridized carbons (Fsp3) is 0.0714. The van der Waals surface area contributed by atoms with Gasteiger partial charge in [0.2, 0.25) is 0 Å². The predicted molar refractivity (Wildman–Crippen MR) is 87.2 cm³/mol. The minimum absolute atomic E-state index is 0.0247.